The highest BCUT2D eigenvalue weighted by atomic mass is 16.5. The zero-order valence-corrected chi connectivity index (χ0v) is 10.1. The Bertz CT molecular complexity index is 510. The van der Waals surface area contributed by atoms with Crippen LogP contribution in [0.25, 0.3) is 0 Å². The highest BCUT2D eigenvalue weighted by Gasteiger charge is 2.03. The van der Waals surface area contributed by atoms with Gasteiger partial charge in [-0.1, -0.05) is 11.3 Å². The van der Waals surface area contributed by atoms with E-state index in [1.165, 1.54) is 6.92 Å². The maximum atomic E-state index is 10.6. The number of aryl methyl sites for hydroxylation is 2. The van der Waals surface area contributed by atoms with Crippen LogP contribution in [-0.2, 0) is 29.1 Å². The van der Waals surface area contributed by atoms with Crippen molar-refractivity contribution in [1.82, 2.24) is 20.0 Å². The van der Waals surface area contributed by atoms with Gasteiger partial charge >= 0.3 is 5.97 Å². The maximum absolute atomic E-state index is 10.6. The lowest BCUT2D eigenvalue weighted by Gasteiger charge is -1.99. The molecule has 0 aliphatic heterocycles. The van der Waals surface area contributed by atoms with E-state index in [0.29, 0.717) is 12.2 Å². The molecule has 18 heavy (non-hydrogen) atoms. The van der Waals surface area contributed by atoms with Gasteiger partial charge in [-0.2, -0.15) is 0 Å². The Kier molecular flexibility index (Phi) is 4.01. The first-order chi connectivity index (χ1) is 8.74. The monoisotopic (exact) mass is 246 g/mol. The summed E-state index contributed by atoms with van der Waals surface area (Å²) in [7, 11) is 0. The summed E-state index contributed by atoms with van der Waals surface area (Å²) in [4.78, 5) is 14.9. The van der Waals surface area contributed by atoms with E-state index in [4.69, 9.17) is 4.74 Å². The number of pyridine rings is 1. The summed E-state index contributed by atoms with van der Waals surface area (Å²) < 4.78 is 6.55. The largest absolute Gasteiger partial charge is 0.459 e. The Morgan fingerprint density at radius 1 is 1.39 bits per heavy atom. The van der Waals surface area contributed by atoms with E-state index in [0.717, 1.165) is 12.1 Å². The fourth-order valence-electron chi connectivity index (χ4n) is 1.46. The van der Waals surface area contributed by atoms with Crippen LogP contribution in [0.4, 0.5) is 0 Å². The summed E-state index contributed by atoms with van der Waals surface area (Å²) in [5, 5.41) is 7.87. The summed E-state index contributed by atoms with van der Waals surface area (Å²) >= 11 is 0. The number of carbonyl (C=O) groups is 1. The Hall–Kier alpha value is -2.24. The number of aromatic nitrogens is 4. The molecule has 0 unspecified atom stereocenters. The SMILES string of the molecule is CC(=O)OCc1cn(CCc2ccccn2)nn1. The van der Waals surface area contributed by atoms with Crippen LogP contribution in [-0.4, -0.2) is 25.9 Å². The Morgan fingerprint density at radius 3 is 3.00 bits per heavy atom. The van der Waals surface area contributed by atoms with Crippen LogP contribution in [0, 0.1) is 0 Å². The second kappa shape index (κ2) is 5.90. The molecule has 94 valence electrons. The molecule has 2 heterocycles. The lowest BCUT2D eigenvalue weighted by Crippen LogP contribution is -2.03. The summed E-state index contributed by atoms with van der Waals surface area (Å²) in [5.41, 5.74) is 1.65. The molecular weight excluding hydrogens is 232 g/mol. The number of rotatable bonds is 5. The molecule has 0 aliphatic rings. The van der Waals surface area contributed by atoms with E-state index in [2.05, 4.69) is 15.3 Å². The number of carbonyl (C=O) groups excluding carboxylic acids is 1. The zero-order chi connectivity index (χ0) is 12.8. The van der Waals surface area contributed by atoms with E-state index in [9.17, 15) is 4.79 Å². The van der Waals surface area contributed by atoms with Crippen LogP contribution in [0.15, 0.2) is 30.6 Å². The van der Waals surface area contributed by atoms with Crippen molar-refractivity contribution in [2.45, 2.75) is 26.5 Å². The van der Waals surface area contributed by atoms with Crippen LogP contribution in [0.5, 0.6) is 0 Å². The lowest BCUT2D eigenvalue weighted by atomic mass is 10.3. The normalized spacial score (nSPS) is 10.3. The van der Waals surface area contributed by atoms with E-state index in [1.807, 2.05) is 18.2 Å². The Balaban J connectivity index is 1.85. The molecule has 0 spiro atoms. The molecule has 2 aromatic rings. The molecule has 6 nitrogen and oxygen atoms in total. The van der Waals surface area contributed by atoms with Gasteiger partial charge in [0.25, 0.3) is 0 Å². The van der Waals surface area contributed by atoms with E-state index in [1.54, 1.807) is 17.1 Å². The molecule has 0 bridgehead atoms. The molecule has 0 radical (unpaired) electrons. The molecular formula is C12H14N4O2. The molecule has 0 atom stereocenters. The third kappa shape index (κ3) is 3.65. The quantitative estimate of drug-likeness (QED) is 0.735. The van der Waals surface area contributed by atoms with Gasteiger partial charge in [0.1, 0.15) is 12.3 Å². The van der Waals surface area contributed by atoms with Crippen molar-refractivity contribution in [1.29, 1.82) is 0 Å². The van der Waals surface area contributed by atoms with Gasteiger partial charge in [-0.15, -0.1) is 5.10 Å². The summed E-state index contributed by atoms with van der Waals surface area (Å²) in [6.45, 7) is 2.23. The number of esters is 1. The van der Waals surface area contributed by atoms with E-state index in [-0.39, 0.29) is 12.6 Å². The molecule has 2 aromatic heterocycles. The van der Waals surface area contributed by atoms with Gasteiger partial charge < -0.3 is 4.74 Å². The van der Waals surface area contributed by atoms with Crippen LogP contribution in [0.2, 0.25) is 0 Å². The van der Waals surface area contributed by atoms with Crippen molar-refractivity contribution in [3.8, 4) is 0 Å². The van der Waals surface area contributed by atoms with Crippen molar-refractivity contribution in [3.63, 3.8) is 0 Å². The van der Waals surface area contributed by atoms with Crippen molar-refractivity contribution < 1.29 is 9.53 Å². The second-order valence-electron chi connectivity index (χ2n) is 3.82. The summed E-state index contributed by atoms with van der Waals surface area (Å²) in [6.07, 6.45) is 4.33. The first-order valence-electron chi connectivity index (χ1n) is 5.66. The minimum atomic E-state index is -0.321. The first kappa shape index (κ1) is 12.2. The molecule has 0 aromatic carbocycles. The van der Waals surface area contributed by atoms with Gasteiger partial charge in [0, 0.05) is 31.8 Å². The van der Waals surface area contributed by atoms with Crippen LogP contribution in [0.1, 0.15) is 18.3 Å². The Labute approximate surface area is 105 Å². The minimum Gasteiger partial charge on any atom is -0.459 e. The van der Waals surface area contributed by atoms with E-state index < -0.39 is 0 Å². The number of hydrogen-bond donors (Lipinski definition) is 0. The highest BCUT2D eigenvalue weighted by Crippen LogP contribution is 2.00. The van der Waals surface area contributed by atoms with Crippen LogP contribution < -0.4 is 0 Å². The van der Waals surface area contributed by atoms with Gasteiger partial charge in [-0.05, 0) is 12.1 Å². The van der Waals surface area contributed by atoms with Crippen molar-refractivity contribution in [3.05, 3.63) is 42.0 Å². The van der Waals surface area contributed by atoms with Crippen molar-refractivity contribution in [2.24, 2.45) is 0 Å². The van der Waals surface area contributed by atoms with Crippen LogP contribution >= 0.6 is 0 Å². The standard InChI is InChI=1S/C12H14N4O2/c1-10(17)18-9-12-8-16(15-14-12)7-5-11-4-2-3-6-13-11/h2-4,6,8H,5,7,9H2,1H3. The smallest absolute Gasteiger partial charge is 0.303 e. The van der Waals surface area contributed by atoms with Gasteiger partial charge in [0.05, 0.1) is 6.20 Å². The molecule has 0 saturated carbocycles. The van der Waals surface area contributed by atoms with Gasteiger partial charge in [-0.3, -0.25) is 14.5 Å². The second-order valence-corrected chi connectivity index (χ2v) is 3.82. The number of hydrogen-bond acceptors (Lipinski definition) is 5. The third-order valence-corrected chi connectivity index (χ3v) is 2.33. The Morgan fingerprint density at radius 2 is 2.28 bits per heavy atom. The molecule has 2 rings (SSSR count). The predicted molar refractivity (Wildman–Crippen MR) is 63.4 cm³/mol. The van der Waals surface area contributed by atoms with Gasteiger partial charge in [0.15, 0.2) is 0 Å². The van der Waals surface area contributed by atoms with E-state index >= 15 is 0 Å². The molecule has 0 aliphatic carbocycles. The topological polar surface area (TPSA) is 69.9 Å². The van der Waals surface area contributed by atoms with Crippen LogP contribution in [0.3, 0.4) is 0 Å². The fourth-order valence-corrected chi connectivity index (χ4v) is 1.46. The number of nitrogens with zero attached hydrogens (tertiary/aromatic N) is 4. The molecule has 6 heteroatoms. The maximum Gasteiger partial charge on any atom is 0.303 e. The molecule has 0 saturated heterocycles. The molecule has 0 N–H and O–H groups in total. The average molecular weight is 246 g/mol. The highest BCUT2D eigenvalue weighted by molar-refractivity contribution is 5.65. The summed E-state index contributed by atoms with van der Waals surface area (Å²) in [5.74, 6) is -0.321. The minimum absolute atomic E-state index is 0.166. The average Bonchev–Trinajstić information content (AvgIpc) is 2.83. The van der Waals surface area contributed by atoms with Crippen molar-refractivity contribution in [2.75, 3.05) is 0 Å². The zero-order valence-electron chi connectivity index (χ0n) is 10.1. The molecule has 0 fully saturated rings. The number of ether oxygens (including phenoxy) is 1. The predicted octanol–water partition coefficient (Wildman–Crippen LogP) is 0.979. The van der Waals surface area contributed by atoms with Gasteiger partial charge in [-0.25, -0.2) is 0 Å². The van der Waals surface area contributed by atoms with Gasteiger partial charge in [0.2, 0.25) is 0 Å². The molecule has 0 amide bonds. The summed E-state index contributed by atoms with van der Waals surface area (Å²) in [6, 6.07) is 5.81. The fraction of sp³-hybridized carbons (Fsp3) is 0.333. The lowest BCUT2D eigenvalue weighted by molar-refractivity contribution is -0.142. The first-order valence-corrected chi connectivity index (χ1v) is 5.66. The third-order valence-electron chi connectivity index (χ3n) is 2.33. The van der Waals surface area contributed by atoms with Crippen molar-refractivity contribution >= 4 is 5.97 Å².